The fourth-order valence-electron chi connectivity index (χ4n) is 0.229. The Morgan fingerprint density at radius 2 is 1.67 bits per heavy atom. The number of carbonyl (C=O) groups is 1. The third-order valence-electron chi connectivity index (χ3n) is 0.646. The summed E-state index contributed by atoms with van der Waals surface area (Å²) in [6.07, 6.45) is -9.51. The van der Waals surface area contributed by atoms with Crippen molar-refractivity contribution in [3.05, 3.63) is 0 Å². The van der Waals surface area contributed by atoms with Gasteiger partial charge in [-0.25, -0.2) is 0 Å². The Labute approximate surface area is 68.2 Å². The van der Waals surface area contributed by atoms with Crippen LogP contribution in [0.25, 0.3) is 0 Å². The molecule has 0 bridgehead atoms. The summed E-state index contributed by atoms with van der Waals surface area (Å²) in [5.74, 6) is 0. The van der Waals surface area contributed by atoms with Crippen molar-refractivity contribution in [1.29, 1.82) is 0 Å². The van der Waals surface area contributed by atoms with E-state index in [0.29, 0.717) is 0 Å². The highest BCUT2D eigenvalue weighted by Gasteiger charge is 2.43. The molecular formula is C4H2ClF5O2. The second-order valence-corrected chi connectivity index (χ2v) is 2.04. The number of ether oxygens (including phenoxy) is 1. The molecule has 0 spiro atoms. The molecule has 0 unspecified atom stereocenters. The highest BCUT2D eigenvalue weighted by Crippen LogP contribution is 2.23. The summed E-state index contributed by atoms with van der Waals surface area (Å²) in [5, 5.41) is -2.29. The Morgan fingerprint density at radius 3 is 1.92 bits per heavy atom. The second-order valence-electron chi connectivity index (χ2n) is 1.69. The minimum atomic E-state index is -4.92. The first-order valence-corrected chi connectivity index (χ1v) is 2.81. The fraction of sp³-hybridized carbons (Fsp3) is 0.750. The van der Waals surface area contributed by atoms with Gasteiger partial charge in [-0.2, -0.15) is 22.0 Å². The van der Waals surface area contributed by atoms with E-state index in [2.05, 4.69) is 16.3 Å². The van der Waals surface area contributed by atoms with Gasteiger partial charge in [0.25, 0.3) is 0 Å². The zero-order chi connectivity index (χ0) is 9.99. The van der Waals surface area contributed by atoms with Crippen LogP contribution in [-0.4, -0.2) is 24.1 Å². The maximum atomic E-state index is 11.9. The lowest BCUT2D eigenvalue weighted by molar-refractivity contribution is -0.270. The van der Waals surface area contributed by atoms with E-state index in [-0.39, 0.29) is 0 Å². The van der Waals surface area contributed by atoms with E-state index in [1.54, 1.807) is 0 Å². The molecule has 8 heteroatoms. The van der Waals surface area contributed by atoms with Crippen LogP contribution >= 0.6 is 11.6 Å². The van der Waals surface area contributed by atoms with Gasteiger partial charge in [0, 0.05) is 0 Å². The number of carbonyl (C=O) groups excluding carboxylic acids is 1. The van der Waals surface area contributed by atoms with E-state index in [9.17, 15) is 26.7 Å². The molecule has 0 aliphatic rings. The quantitative estimate of drug-likeness (QED) is 0.528. The summed E-state index contributed by atoms with van der Waals surface area (Å²) in [5.41, 5.74) is 0. The van der Waals surface area contributed by atoms with Gasteiger partial charge in [0.2, 0.25) is 0 Å². The number of alkyl halides is 5. The third kappa shape index (κ3) is 4.45. The van der Waals surface area contributed by atoms with E-state index in [0.717, 1.165) is 0 Å². The molecule has 0 aliphatic carbocycles. The lowest BCUT2D eigenvalue weighted by Gasteiger charge is -2.13. The molecule has 0 aromatic carbocycles. The van der Waals surface area contributed by atoms with Crippen molar-refractivity contribution in [1.82, 2.24) is 0 Å². The maximum Gasteiger partial charge on any atom is 0.431 e. The van der Waals surface area contributed by atoms with E-state index >= 15 is 0 Å². The van der Waals surface area contributed by atoms with Gasteiger partial charge >= 0.3 is 17.5 Å². The van der Waals surface area contributed by atoms with Crippen molar-refractivity contribution in [2.24, 2.45) is 0 Å². The molecule has 0 atom stereocenters. The largest absolute Gasteiger partial charge is 0.431 e. The first-order chi connectivity index (χ1) is 5.15. The van der Waals surface area contributed by atoms with Crippen LogP contribution in [0.3, 0.4) is 0 Å². The van der Waals surface area contributed by atoms with Gasteiger partial charge in [-0.3, -0.25) is 4.79 Å². The van der Waals surface area contributed by atoms with E-state index in [1.807, 2.05) is 0 Å². The zero-order valence-corrected chi connectivity index (χ0v) is 6.05. The van der Waals surface area contributed by atoms with Crippen LogP contribution in [0.5, 0.6) is 0 Å². The van der Waals surface area contributed by atoms with Gasteiger partial charge in [0.05, 0.1) is 0 Å². The van der Waals surface area contributed by atoms with Crippen LogP contribution in [0.1, 0.15) is 0 Å². The maximum absolute atomic E-state index is 11.9. The molecule has 0 aliphatic heterocycles. The molecule has 0 fully saturated rings. The first kappa shape index (κ1) is 11.6. The van der Waals surface area contributed by atoms with Crippen LogP contribution in [0.4, 0.5) is 22.0 Å². The number of rotatable bonds is 3. The Hall–Kier alpha value is -0.430. The molecule has 12 heavy (non-hydrogen) atoms. The predicted octanol–water partition coefficient (Wildman–Crippen LogP) is 1.92. The van der Waals surface area contributed by atoms with Crippen molar-refractivity contribution in [3.8, 4) is 0 Å². The lowest BCUT2D eigenvalue weighted by Crippen LogP contribution is -2.32. The minimum absolute atomic E-state index is 2.22. The molecule has 0 saturated carbocycles. The average molecular weight is 213 g/mol. The van der Waals surface area contributed by atoms with Gasteiger partial charge < -0.3 is 4.74 Å². The fourth-order valence-corrected chi connectivity index (χ4v) is 0.284. The third-order valence-corrected chi connectivity index (χ3v) is 0.866. The van der Waals surface area contributed by atoms with Gasteiger partial charge in [-0.15, -0.1) is 0 Å². The van der Waals surface area contributed by atoms with Crippen LogP contribution in [0, 0.1) is 0 Å². The standard InChI is InChI=1S/C4H2ClF5O2/c5-2(11)4(9,10)12-1-3(6,7)8/h1H2. The summed E-state index contributed by atoms with van der Waals surface area (Å²) in [7, 11) is 0. The van der Waals surface area contributed by atoms with Crippen LogP contribution < -0.4 is 0 Å². The van der Waals surface area contributed by atoms with Gasteiger partial charge in [-0.1, -0.05) is 0 Å². The average Bonchev–Trinajstić information content (AvgIpc) is 1.82. The van der Waals surface area contributed by atoms with Crippen LogP contribution in [0.15, 0.2) is 0 Å². The van der Waals surface area contributed by atoms with Crippen LogP contribution in [0.2, 0.25) is 0 Å². The molecule has 0 radical (unpaired) electrons. The van der Waals surface area contributed by atoms with Crippen molar-refractivity contribution in [2.45, 2.75) is 12.3 Å². The summed E-state index contributed by atoms with van der Waals surface area (Å²) in [6.45, 7) is -2.22. The van der Waals surface area contributed by atoms with E-state index in [4.69, 9.17) is 0 Å². The monoisotopic (exact) mass is 212 g/mol. The zero-order valence-electron chi connectivity index (χ0n) is 5.29. The molecule has 2 nitrogen and oxygen atoms in total. The van der Waals surface area contributed by atoms with Crippen LogP contribution in [-0.2, 0) is 9.53 Å². The lowest BCUT2D eigenvalue weighted by atomic mass is 10.6. The Bertz CT molecular complexity index is 177. The Kier molecular flexibility index (Phi) is 3.40. The molecule has 0 rings (SSSR count). The molecule has 0 amide bonds. The second kappa shape index (κ2) is 3.53. The van der Waals surface area contributed by atoms with Gasteiger partial charge in [0.1, 0.15) is 6.61 Å². The minimum Gasteiger partial charge on any atom is -0.304 e. The van der Waals surface area contributed by atoms with E-state index in [1.165, 1.54) is 0 Å². The van der Waals surface area contributed by atoms with Crippen molar-refractivity contribution in [3.63, 3.8) is 0 Å². The Morgan fingerprint density at radius 1 is 1.25 bits per heavy atom. The van der Waals surface area contributed by atoms with Crippen molar-refractivity contribution >= 4 is 16.8 Å². The summed E-state index contributed by atoms with van der Waals surface area (Å²) in [4.78, 5) is 9.71. The number of hydrogen-bond acceptors (Lipinski definition) is 2. The predicted molar refractivity (Wildman–Crippen MR) is 27.8 cm³/mol. The SMILES string of the molecule is O=C(Cl)C(F)(F)OCC(F)(F)F. The molecule has 0 saturated heterocycles. The highest BCUT2D eigenvalue weighted by molar-refractivity contribution is 6.64. The molecular weight excluding hydrogens is 210 g/mol. The van der Waals surface area contributed by atoms with E-state index < -0.39 is 24.1 Å². The van der Waals surface area contributed by atoms with Crippen molar-refractivity contribution in [2.75, 3.05) is 6.61 Å². The normalized spacial score (nSPS) is 13.2. The summed E-state index contributed by atoms with van der Waals surface area (Å²) >= 11 is 4.22. The summed E-state index contributed by atoms with van der Waals surface area (Å²) in [6, 6.07) is 0. The van der Waals surface area contributed by atoms with Gasteiger partial charge in [0.15, 0.2) is 0 Å². The number of hydrogen-bond donors (Lipinski definition) is 0. The smallest absolute Gasteiger partial charge is 0.304 e. The van der Waals surface area contributed by atoms with Crippen molar-refractivity contribution < 1.29 is 31.5 Å². The van der Waals surface area contributed by atoms with Gasteiger partial charge in [-0.05, 0) is 11.6 Å². The Balaban J connectivity index is 4.01. The molecule has 0 aromatic rings. The molecule has 0 N–H and O–H groups in total. The molecule has 0 aromatic heterocycles. The topological polar surface area (TPSA) is 26.3 Å². The number of halogens is 6. The summed E-state index contributed by atoms with van der Waals surface area (Å²) < 4.78 is 60.4. The molecule has 72 valence electrons. The highest BCUT2D eigenvalue weighted by atomic mass is 35.5. The first-order valence-electron chi connectivity index (χ1n) is 2.43. The molecule has 0 heterocycles.